The first-order valence-electron chi connectivity index (χ1n) is 7.28. The molecule has 0 atom stereocenters. The molecule has 4 heteroatoms. The third-order valence-electron chi connectivity index (χ3n) is 4.57. The van der Waals surface area contributed by atoms with Gasteiger partial charge in [-0.3, -0.25) is 0 Å². The highest BCUT2D eigenvalue weighted by Gasteiger charge is 2.35. The average Bonchev–Trinajstić information content (AvgIpc) is 2.80. The van der Waals surface area contributed by atoms with Gasteiger partial charge in [0.25, 0.3) is 0 Å². The molecule has 106 valence electrons. The van der Waals surface area contributed by atoms with Crippen molar-refractivity contribution in [2.24, 2.45) is 5.41 Å². The Hall–Kier alpha value is -1.55. The molecule has 1 aliphatic rings. The summed E-state index contributed by atoms with van der Waals surface area (Å²) in [4.78, 5) is 0. The minimum Gasteiger partial charge on any atom is -0.382 e. The molecule has 0 saturated heterocycles. The van der Waals surface area contributed by atoms with Crippen molar-refractivity contribution in [1.82, 2.24) is 4.37 Å². The van der Waals surface area contributed by atoms with Crippen LogP contribution in [0.5, 0.6) is 0 Å². The number of nitrogens with zero attached hydrogens (tertiary/aromatic N) is 1. The lowest BCUT2D eigenvalue weighted by Gasteiger charge is -2.41. The minimum atomic E-state index is 0.493. The van der Waals surface area contributed by atoms with Gasteiger partial charge in [-0.25, -0.2) is 0 Å². The van der Waals surface area contributed by atoms with Crippen LogP contribution < -0.4 is 11.1 Å². The Balaban J connectivity index is 1.81. The molecular formula is C16H21N3S. The molecule has 0 aliphatic heterocycles. The van der Waals surface area contributed by atoms with E-state index in [4.69, 9.17) is 5.73 Å². The fourth-order valence-corrected chi connectivity index (χ4v) is 3.64. The summed E-state index contributed by atoms with van der Waals surface area (Å²) in [5, 5.41) is 4.71. The van der Waals surface area contributed by atoms with Crippen LogP contribution in [0.4, 0.5) is 10.8 Å². The van der Waals surface area contributed by atoms with E-state index in [2.05, 4.69) is 28.7 Å². The van der Waals surface area contributed by atoms with E-state index < -0.39 is 0 Å². The minimum absolute atomic E-state index is 0.493. The van der Waals surface area contributed by atoms with Gasteiger partial charge < -0.3 is 11.1 Å². The lowest BCUT2D eigenvalue weighted by molar-refractivity contribution is 0.145. The fraction of sp³-hybridized carbons (Fsp3) is 0.438. The van der Waals surface area contributed by atoms with Crippen LogP contribution in [0.2, 0.25) is 0 Å². The van der Waals surface area contributed by atoms with Crippen LogP contribution in [0.1, 0.15) is 32.6 Å². The molecule has 0 unspecified atom stereocenters. The summed E-state index contributed by atoms with van der Waals surface area (Å²) in [6.45, 7) is 3.32. The summed E-state index contributed by atoms with van der Waals surface area (Å²) in [6.07, 6.45) is 5.29. The lowest BCUT2D eigenvalue weighted by atomic mass is 9.67. The lowest BCUT2D eigenvalue weighted by Crippen LogP contribution is -2.35. The average molecular weight is 287 g/mol. The van der Waals surface area contributed by atoms with Crippen LogP contribution in [0.25, 0.3) is 11.1 Å². The number of nitrogens with one attached hydrogen (secondary N) is 1. The van der Waals surface area contributed by atoms with Crippen molar-refractivity contribution in [3.63, 3.8) is 0 Å². The second-order valence-corrected chi connectivity index (χ2v) is 6.47. The predicted octanol–water partition coefficient (Wildman–Crippen LogP) is 4.38. The molecule has 20 heavy (non-hydrogen) atoms. The Kier molecular flexibility index (Phi) is 3.66. The number of hydrogen-bond acceptors (Lipinski definition) is 4. The van der Waals surface area contributed by atoms with Crippen LogP contribution in [0, 0.1) is 5.41 Å². The zero-order chi connectivity index (χ0) is 14.0. The number of anilines is 2. The largest absolute Gasteiger partial charge is 0.382 e. The summed E-state index contributed by atoms with van der Waals surface area (Å²) < 4.78 is 4.32. The molecule has 3 rings (SSSR count). The molecule has 2 aromatic rings. The van der Waals surface area contributed by atoms with Gasteiger partial charge in [-0.1, -0.05) is 43.7 Å². The molecule has 0 radical (unpaired) electrons. The van der Waals surface area contributed by atoms with Gasteiger partial charge in [0.1, 0.15) is 10.8 Å². The first kappa shape index (κ1) is 13.4. The molecule has 1 saturated carbocycles. The van der Waals surface area contributed by atoms with Crippen LogP contribution in [-0.2, 0) is 0 Å². The van der Waals surface area contributed by atoms with E-state index in [1.54, 1.807) is 0 Å². The highest BCUT2D eigenvalue weighted by Crippen LogP contribution is 2.45. The number of benzene rings is 1. The van der Waals surface area contributed by atoms with Gasteiger partial charge in [0, 0.05) is 6.54 Å². The third-order valence-corrected chi connectivity index (χ3v) is 5.39. The van der Waals surface area contributed by atoms with Crippen LogP contribution in [0.15, 0.2) is 30.3 Å². The van der Waals surface area contributed by atoms with Crippen molar-refractivity contribution in [2.45, 2.75) is 32.6 Å². The maximum Gasteiger partial charge on any atom is 0.147 e. The van der Waals surface area contributed by atoms with Crippen molar-refractivity contribution in [3.05, 3.63) is 30.3 Å². The van der Waals surface area contributed by atoms with Crippen molar-refractivity contribution >= 4 is 22.4 Å². The molecule has 0 amide bonds. The van der Waals surface area contributed by atoms with Crippen molar-refractivity contribution in [3.8, 4) is 11.1 Å². The number of rotatable bonds is 5. The smallest absolute Gasteiger partial charge is 0.147 e. The summed E-state index contributed by atoms with van der Waals surface area (Å²) in [5.41, 5.74) is 8.74. The number of aromatic nitrogens is 1. The molecule has 1 aromatic heterocycles. The van der Waals surface area contributed by atoms with Gasteiger partial charge in [-0.05, 0) is 41.8 Å². The molecule has 1 heterocycles. The fourth-order valence-electron chi connectivity index (χ4n) is 2.91. The maximum atomic E-state index is 6.05. The summed E-state index contributed by atoms with van der Waals surface area (Å²) in [7, 11) is 0. The maximum absolute atomic E-state index is 6.05. The van der Waals surface area contributed by atoms with Gasteiger partial charge in [0.05, 0.1) is 5.56 Å². The second-order valence-electron chi connectivity index (χ2n) is 5.70. The Labute approximate surface area is 124 Å². The van der Waals surface area contributed by atoms with Gasteiger partial charge in [-0.2, -0.15) is 4.37 Å². The topological polar surface area (TPSA) is 50.9 Å². The van der Waals surface area contributed by atoms with E-state index in [0.717, 1.165) is 22.7 Å². The van der Waals surface area contributed by atoms with E-state index in [9.17, 15) is 0 Å². The summed E-state index contributed by atoms with van der Waals surface area (Å²) >= 11 is 1.47. The zero-order valence-electron chi connectivity index (χ0n) is 11.9. The molecule has 1 aliphatic carbocycles. The first-order chi connectivity index (χ1) is 9.74. The molecule has 3 N–H and O–H groups in total. The Bertz CT molecular complexity index is 567. The first-order valence-corrected chi connectivity index (χ1v) is 8.06. The zero-order valence-corrected chi connectivity index (χ0v) is 12.7. The van der Waals surface area contributed by atoms with Crippen LogP contribution >= 0.6 is 11.5 Å². The predicted molar refractivity (Wildman–Crippen MR) is 87.0 cm³/mol. The van der Waals surface area contributed by atoms with E-state index >= 15 is 0 Å². The van der Waals surface area contributed by atoms with E-state index in [1.165, 1.54) is 37.2 Å². The van der Waals surface area contributed by atoms with Crippen molar-refractivity contribution < 1.29 is 0 Å². The molecule has 1 aromatic carbocycles. The van der Waals surface area contributed by atoms with Gasteiger partial charge in [-0.15, -0.1) is 0 Å². The van der Waals surface area contributed by atoms with Crippen molar-refractivity contribution in [1.29, 1.82) is 0 Å². The van der Waals surface area contributed by atoms with Gasteiger partial charge in [0.15, 0.2) is 0 Å². The third kappa shape index (κ3) is 2.40. The molecule has 1 fully saturated rings. The van der Waals surface area contributed by atoms with Gasteiger partial charge in [0.2, 0.25) is 0 Å². The Morgan fingerprint density at radius 3 is 2.65 bits per heavy atom. The number of hydrogen-bond donors (Lipinski definition) is 2. The standard InChI is InChI=1S/C16H21N3S/c1-2-16(9-6-10-16)11-18-15-13(14(17)19-20-15)12-7-4-3-5-8-12/h3-5,7-8,18H,2,6,9-11H2,1H3,(H2,17,19). The summed E-state index contributed by atoms with van der Waals surface area (Å²) in [6, 6.07) is 10.3. The molecule has 0 bridgehead atoms. The second kappa shape index (κ2) is 5.44. The van der Waals surface area contributed by atoms with E-state index in [1.807, 2.05) is 18.2 Å². The van der Waals surface area contributed by atoms with E-state index in [0.29, 0.717) is 11.2 Å². The number of nitrogen functional groups attached to an aromatic ring is 1. The van der Waals surface area contributed by atoms with Crippen LogP contribution in [-0.4, -0.2) is 10.9 Å². The molecule has 0 spiro atoms. The number of nitrogens with two attached hydrogens (primary N) is 1. The van der Waals surface area contributed by atoms with E-state index in [-0.39, 0.29) is 0 Å². The molecule has 3 nitrogen and oxygen atoms in total. The van der Waals surface area contributed by atoms with Crippen LogP contribution in [0.3, 0.4) is 0 Å². The summed E-state index contributed by atoms with van der Waals surface area (Å²) in [5.74, 6) is 0.628. The normalized spacial score (nSPS) is 16.6. The highest BCUT2D eigenvalue weighted by molar-refractivity contribution is 7.11. The monoisotopic (exact) mass is 287 g/mol. The highest BCUT2D eigenvalue weighted by atomic mass is 32.1. The quantitative estimate of drug-likeness (QED) is 0.857. The Morgan fingerprint density at radius 1 is 1.30 bits per heavy atom. The van der Waals surface area contributed by atoms with Gasteiger partial charge >= 0.3 is 0 Å². The molecular weight excluding hydrogens is 266 g/mol. The Morgan fingerprint density at radius 2 is 2.05 bits per heavy atom. The van der Waals surface area contributed by atoms with Crippen molar-refractivity contribution in [2.75, 3.05) is 17.6 Å². The SMILES string of the molecule is CCC1(CNc2snc(N)c2-c2ccccc2)CCC1.